The van der Waals surface area contributed by atoms with Crippen LogP contribution >= 0.6 is 0 Å². The predicted molar refractivity (Wildman–Crippen MR) is 59.3 cm³/mol. The van der Waals surface area contributed by atoms with Gasteiger partial charge in [0.2, 0.25) is 0 Å². The van der Waals surface area contributed by atoms with Crippen LogP contribution in [0.25, 0.3) is 0 Å². The van der Waals surface area contributed by atoms with Gasteiger partial charge in [-0.05, 0) is 38.0 Å². The minimum Gasteiger partial charge on any atom is -0.487 e. The van der Waals surface area contributed by atoms with Crippen LogP contribution in [-0.4, -0.2) is 10.3 Å². The first-order valence-corrected chi connectivity index (χ1v) is 5.15. The Kier molecular flexibility index (Phi) is 2.90. The molecule has 1 heterocycles. The lowest BCUT2D eigenvalue weighted by Crippen LogP contribution is -1.99. The summed E-state index contributed by atoms with van der Waals surface area (Å²) in [6.07, 6.45) is 0. The lowest BCUT2D eigenvalue weighted by Gasteiger charge is -2.09. The number of rotatable bonds is 3. The van der Waals surface area contributed by atoms with Crippen LogP contribution in [0.5, 0.6) is 5.75 Å². The van der Waals surface area contributed by atoms with Gasteiger partial charge in [-0.3, -0.25) is 0 Å². The van der Waals surface area contributed by atoms with E-state index < -0.39 is 0 Å². The molecule has 0 radical (unpaired) electrons. The van der Waals surface area contributed by atoms with E-state index in [9.17, 15) is 0 Å². The molecule has 0 bridgehead atoms. The van der Waals surface area contributed by atoms with E-state index in [1.165, 1.54) is 5.56 Å². The molecule has 0 N–H and O–H groups in total. The highest BCUT2D eigenvalue weighted by molar-refractivity contribution is 5.38. The third-order valence-electron chi connectivity index (χ3n) is 2.67. The summed E-state index contributed by atoms with van der Waals surface area (Å²) in [6, 6.07) is 5.99. The molecule has 0 spiro atoms. The molecule has 1 aromatic carbocycles. The molecule has 4 nitrogen and oxygen atoms in total. The summed E-state index contributed by atoms with van der Waals surface area (Å²) in [5.41, 5.74) is 3.87. The van der Waals surface area contributed by atoms with Gasteiger partial charge in [0.05, 0.1) is 0 Å². The van der Waals surface area contributed by atoms with Gasteiger partial charge >= 0.3 is 0 Å². The Morgan fingerprint density at radius 2 is 2.00 bits per heavy atom. The molecule has 0 amide bonds. The molecule has 2 rings (SSSR count). The topological polar surface area (TPSA) is 48.2 Å². The van der Waals surface area contributed by atoms with Crippen LogP contribution in [-0.2, 0) is 6.61 Å². The van der Waals surface area contributed by atoms with Gasteiger partial charge in [-0.15, -0.1) is 0 Å². The Balaban J connectivity index is 2.11. The molecule has 0 atom stereocenters. The Labute approximate surface area is 94.2 Å². The molecule has 84 valence electrons. The largest absolute Gasteiger partial charge is 0.487 e. The van der Waals surface area contributed by atoms with Crippen molar-refractivity contribution in [3.05, 3.63) is 40.7 Å². The number of aryl methyl sites for hydroxylation is 2. The smallest absolute Gasteiger partial charge is 0.145 e. The fourth-order valence-corrected chi connectivity index (χ4v) is 1.41. The molecule has 0 fully saturated rings. The second-order valence-electron chi connectivity index (χ2n) is 3.78. The second-order valence-corrected chi connectivity index (χ2v) is 3.78. The summed E-state index contributed by atoms with van der Waals surface area (Å²) in [6.45, 7) is 6.33. The molecule has 0 unspecified atom stereocenters. The number of hydrogen-bond donors (Lipinski definition) is 0. The van der Waals surface area contributed by atoms with Crippen molar-refractivity contribution in [1.82, 2.24) is 10.3 Å². The van der Waals surface area contributed by atoms with Crippen molar-refractivity contribution in [3.8, 4) is 5.75 Å². The predicted octanol–water partition coefficient (Wildman–Crippen LogP) is 2.57. The molecular formula is C12H14N2O2. The number of aromatic nitrogens is 2. The number of hydrogen-bond acceptors (Lipinski definition) is 4. The first kappa shape index (κ1) is 10.7. The fourth-order valence-electron chi connectivity index (χ4n) is 1.41. The van der Waals surface area contributed by atoms with E-state index in [0.29, 0.717) is 6.61 Å². The first-order chi connectivity index (χ1) is 7.68. The van der Waals surface area contributed by atoms with Gasteiger partial charge in [0, 0.05) is 0 Å². The highest BCUT2D eigenvalue weighted by Crippen LogP contribution is 2.21. The number of nitrogens with zero attached hydrogens (tertiary/aromatic N) is 2. The zero-order chi connectivity index (χ0) is 11.5. The van der Waals surface area contributed by atoms with Crippen molar-refractivity contribution in [2.75, 3.05) is 0 Å². The van der Waals surface area contributed by atoms with Crippen LogP contribution in [0.3, 0.4) is 0 Å². The Hall–Kier alpha value is -1.84. The van der Waals surface area contributed by atoms with Crippen molar-refractivity contribution < 1.29 is 9.37 Å². The Bertz CT molecular complexity index is 492. The zero-order valence-corrected chi connectivity index (χ0v) is 9.65. The normalized spacial score (nSPS) is 10.4. The maximum atomic E-state index is 5.68. The molecule has 2 aromatic rings. The van der Waals surface area contributed by atoms with E-state index in [4.69, 9.17) is 4.74 Å². The Morgan fingerprint density at radius 1 is 1.19 bits per heavy atom. The summed E-state index contributed by atoms with van der Waals surface area (Å²) in [4.78, 5) is 0. The first-order valence-electron chi connectivity index (χ1n) is 5.15. The minimum absolute atomic E-state index is 0.389. The zero-order valence-electron chi connectivity index (χ0n) is 9.65. The van der Waals surface area contributed by atoms with Crippen molar-refractivity contribution >= 4 is 0 Å². The SMILES string of the molecule is Cc1cccc(OCc2nonc2C)c1C. The van der Waals surface area contributed by atoms with Crippen LogP contribution in [0, 0.1) is 20.8 Å². The van der Waals surface area contributed by atoms with Gasteiger partial charge < -0.3 is 4.74 Å². The lowest BCUT2D eigenvalue weighted by atomic mass is 10.1. The highest BCUT2D eigenvalue weighted by Gasteiger charge is 2.07. The lowest BCUT2D eigenvalue weighted by molar-refractivity contribution is 0.269. The average Bonchev–Trinajstić information content (AvgIpc) is 2.67. The van der Waals surface area contributed by atoms with E-state index in [-0.39, 0.29) is 0 Å². The van der Waals surface area contributed by atoms with Crippen molar-refractivity contribution in [1.29, 1.82) is 0 Å². The van der Waals surface area contributed by atoms with Crippen molar-refractivity contribution in [2.45, 2.75) is 27.4 Å². The third-order valence-corrected chi connectivity index (χ3v) is 2.67. The van der Waals surface area contributed by atoms with Gasteiger partial charge in [-0.2, -0.15) is 0 Å². The summed E-state index contributed by atoms with van der Waals surface area (Å²) in [7, 11) is 0. The van der Waals surface area contributed by atoms with Gasteiger partial charge in [0.1, 0.15) is 23.7 Å². The van der Waals surface area contributed by atoms with Gasteiger partial charge in [0.15, 0.2) is 0 Å². The number of ether oxygens (including phenoxy) is 1. The van der Waals surface area contributed by atoms with Crippen LogP contribution in [0.2, 0.25) is 0 Å². The Morgan fingerprint density at radius 3 is 2.69 bits per heavy atom. The van der Waals surface area contributed by atoms with E-state index in [1.54, 1.807) is 0 Å². The molecule has 4 heteroatoms. The standard InChI is InChI=1S/C12H14N2O2/c1-8-5-4-6-12(9(8)2)15-7-11-10(3)13-16-14-11/h4-6H,7H2,1-3H3. The van der Waals surface area contributed by atoms with E-state index in [2.05, 4.69) is 27.9 Å². The summed E-state index contributed by atoms with van der Waals surface area (Å²) in [5.74, 6) is 0.877. The van der Waals surface area contributed by atoms with Crippen LogP contribution in [0.15, 0.2) is 22.8 Å². The van der Waals surface area contributed by atoms with E-state index in [0.717, 1.165) is 22.7 Å². The maximum absolute atomic E-state index is 5.68. The molecule has 0 saturated carbocycles. The minimum atomic E-state index is 0.389. The van der Waals surface area contributed by atoms with E-state index >= 15 is 0 Å². The van der Waals surface area contributed by atoms with Crippen LogP contribution in [0.4, 0.5) is 0 Å². The van der Waals surface area contributed by atoms with Crippen LogP contribution in [0.1, 0.15) is 22.5 Å². The molecule has 1 aromatic heterocycles. The van der Waals surface area contributed by atoms with E-state index in [1.807, 2.05) is 26.0 Å². The molecule has 0 aliphatic carbocycles. The van der Waals surface area contributed by atoms with Crippen molar-refractivity contribution in [2.24, 2.45) is 0 Å². The molecule has 16 heavy (non-hydrogen) atoms. The number of benzene rings is 1. The highest BCUT2D eigenvalue weighted by atomic mass is 16.6. The summed E-state index contributed by atoms with van der Waals surface area (Å²) in [5, 5.41) is 7.47. The third kappa shape index (κ3) is 2.05. The molecule has 0 aliphatic rings. The average molecular weight is 218 g/mol. The summed E-state index contributed by atoms with van der Waals surface area (Å²) < 4.78 is 10.3. The quantitative estimate of drug-likeness (QED) is 0.794. The van der Waals surface area contributed by atoms with Gasteiger partial charge in [-0.25, -0.2) is 4.63 Å². The molecular weight excluding hydrogens is 204 g/mol. The van der Waals surface area contributed by atoms with Gasteiger partial charge in [0.25, 0.3) is 0 Å². The summed E-state index contributed by atoms with van der Waals surface area (Å²) >= 11 is 0. The van der Waals surface area contributed by atoms with Gasteiger partial charge in [-0.1, -0.05) is 22.4 Å². The molecule has 0 aliphatic heterocycles. The monoisotopic (exact) mass is 218 g/mol. The van der Waals surface area contributed by atoms with Crippen molar-refractivity contribution in [3.63, 3.8) is 0 Å². The van der Waals surface area contributed by atoms with Crippen LogP contribution < -0.4 is 4.74 Å². The fraction of sp³-hybridized carbons (Fsp3) is 0.333. The maximum Gasteiger partial charge on any atom is 0.145 e. The second kappa shape index (κ2) is 4.35. The molecule has 0 saturated heterocycles.